The molecule has 0 saturated heterocycles. The van der Waals surface area contributed by atoms with Crippen LogP contribution in [0.2, 0.25) is 0 Å². The van der Waals surface area contributed by atoms with Crippen molar-refractivity contribution in [3.8, 4) is 29.2 Å². The number of nitrogens with zero attached hydrogens (tertiary/aromatic N) is 4. The molecule has 1 amide bonds. The van der Waals surface area contributed by atoms with Crippen LogP contribution in [0.4, 0.5) is 0 Å². The third-order valence-corrected chi connectivity index (χ3v) is 3.53. The number of carbonyl (C=O) groups is 1. The summed E-state index contributed by atoms with van der Waals surface area (Å²) in [6.45, 7) is 1.87. The van der Waals surface area contributed by atoms with Gasteiger partial charge in [-0.15, -0.1) is 6.42 Å². The summed E-state index contributed by atoms with van der Waals surface area (Å²) in [5.41, 5.74) is 9.44. The Morgan fingerprint density at radius 1 is 1.26 bits per heavy atom. The molecule has 2 heterocycles. The van der Waals surface area contributed by atoms with Gasteiger partial charge in [-0.1, -0.05) is 12.0 Å². The van der Waals surface area contributed by atoms with E-state index in [0.29, 0.717) is 5.56 Å². The quantitative estimate of drug-likeness (QED) is 0.747. The molecule has 0 saturated carbocycles. The second-order valence-corrected chi connectivity index (χ2v) is 5.20. The number of aromatic nitrogens is 4. The average molecular weight is 305 g/mol. The van der Waals surface area contributed by atoms with Crippen molar-refractivity contribution in [2.24, 2.45) is 12.8 Å². The number of nitrogens with two attached hydrogens (primary N) is 1. The van der Waals surface area contributed by atoms with Gasteiger partial charge in [0.15, 0.2) is 5.69 Å². The van der Waals surface area contributed by atoms with Crippen LogP contribution in [0, 0.1) is 19.3 Å². The number of hydrogen-bond donors (Lipinski definition) is 1. The Morgan fingerprint density at radius 3 is 2.65 bits per heavy atom. The first-order valence-corrected chi connectivity index (χ1v) is 6.96. The minimum atomic E-state index is -0.588. The second kappa shape index (κ2) is 5.46. The molecule has 6 heteroatoms. The first-order valence-electron chi connectivity index (χ1n) is 6.96. The lowest BCUT2D eigenvalue weighted by Gasteiger charge is -2.01. The molecule has 0 bridgehead atoms. The highest BCUT2D eigenvalue weighted by atomic mass is 16.1. The first kappa shape index (κ1) is 14.6. The zero-order chi connectivity index (χ0) is 16.6. The summed E-state index contributed by atoms with van der Waals surface area (Å²) in [6, 6.07) is 7.34. The van der Waals surface area contributed by atoms with E-state index in [9.17, 15) is 4.79 Å². The van der Waals surface area contributed by atoms with Crippen LogP contribution in [0.3, 0.4) is 0 Å². The van der Waals surface area contributed by atoms with Gasteiger partial charge in [-0.2, -0.15) is 10.2 Å². The zero-order valence-electron chi connectivity index (χ0n) is 12.8. The van der Waals surface area contributed by atoms with Gasteiger partial charge in [0.25, 0.3) is 5.91 Å². The smallest absolute Gasteiger partial charge is 0.269 e. The summed E-state index contributed by atoms with van der Waals surface area (Å²) in [4.78, 5) is 11.8. The molecule has 0 atom stereocenters. The van der Waals surface area contributed by atoms with Crippen LogP contribution in [0.5, 0.6) is 0 Å². The SMILES string of the molecule is C#Cc1cccc(-n2cc(-c3cn(C)nc3C)c(C(N)=O)n2)c1. The lowest BCUT2D eigenvalue weighted by molar-refractivity contribution is 0.0996. The monoisotopic (exact) mass is 305 g/mol. The number of benzene rings is 1. The molecular formula is C17H15N5O. The third-order valence-electron chi connectivity index (χ3n) is 3.53. The van der Waals surface area contributed by atoms with E-state index in [1.54, 1.807) is 15.6 Å². The van der Waals surface area contributed by atoms with Gasteiger partial charge in [-0.3, -0.25) is 9.48 Å². The largest absolute Gasteiger partial charge is 0.364 e. The summed E-state index contributed by atoms with van der Waals surface area (Å²) >= 11 is 0. The predicted octanol–water partition coefficient (Wildman–Crippen LogP) is 1.66. The molecule has 0 spiro atoms. The molecule has 0 radical (unpaired) electrons. The average Bonchev–Trinajstić information content (AvgIpc) is 3.10. The van der Waals surface area contributed by atoms with Crippen molar-refractivity contribution in [3.63, 3.8) is 0 Å². The molecule has 114 valence electrons. The number of carbonyl (C=O) groups excluding carboxylic acids is 1. The number of terminal acetylenes is 1. The van der Waals surface area contributed by atoms with E-state index < -0.39 is 5.91 Å². The molecule has 2 N–H and O–H groups in total. The number of hydrogen-bond acceptors (Lipinski definition) is 3. The van der Waals surface area contributed by atoms with E-state index in [2.05, 4.69) is 16.1 Å². The van der Waals surface area contributed by atoms with Crippen molar-refractivity contribution in [2.45, 2.75) is 6.92 Å². The number of aryl methyl sites for hydroxylation is 2. The maximum Gasteiger partial charge on any atom is 0.269 e. The maximum atomic E-state index is 11.8. The van der Waals surface area contributed by atoms with Gasteiger partial charge in [-0.25, -0.2) is 4.68 Å². The van der Waals surface area contributed by atoms with Crippen molar-refractivity contribution in [2.75, 3.05) is 0 Å². The number of amides is 1. The Bertz CT molecular complexity index is 942. The van der Waals surface area contributed by atoms with Gasteiger partial charge >= 0.3 is 0 Å². The van der Waals surface area contributed by atoms with Crippen LogP contribution in [-0.2, 0) is 7.05 Å². The van der Waals surface area contributed by atoms with Crippen LogP contribution >= 0.6 is 0 Å². The molecule has 0 aliphatic rings. The summed E-state index contributed by atoms with van der Waals surface area (Å²) < 4.78 is 3.29. The van der Waals surface area contributed by atoms with Gasteiger partial charge in [0.1, 0.15) is 0 Å². The molecule has 6 nitrogen and oxygen atoms in total. The van der Waals surface area contributed by atoms with Crippen molar-refractivity contribution in [1.29, 1.82) is 0 Å². The minimum absolute atomic E-state index is 0.201. The first-order chi connectivity index (χ1) is 11.0. The van der Waals surface area contributed by atoms with Gasteiger partial charge < -0.3 is 5.73 Å². The van der Waals surface area contributed by atoms with E-state index in [1.807, 2.05) is 44.4 Å². The van der Waals surface area contributed by atoms with E-state index in [1.165, 1.54) is 0 Å². The van der Waals surface area contributed by atoms with Crippen LogP contribution in [0.25, 0.3) is 16.8 Å². The molecule has 2 aromatic heterocycles. The van der Waals surface area contributed by atoms with Crippen LogP contribution < -0.4 is 5.73 Å². The summed E-state index contributed by atoms with van der Waals surface area (Å²) in [7, 11) is 1.82. The second-order valence-electron chi connectivity index (χ2n) is 5.20. The molecule has 23 heavy (non-hydrogen) atoms. The molecule has 1 aromatic carbocycles. The number of rotatable bonds is 3. The Kier molecular flexibility index (Phi) is 3.47. The summed E-state index contributed by atoms with van der Waals surface area (Å²) in [5.74, 6) is 1.99. The van der Waals surface area contributed by atoms with Crippen LogP contribution in [0.1, 0.15) is 21.7 Å². The fourth-order valence-corrected chi connectivity index (χ4v) is 2.49. The van der Waals surface area contributed by atoms with Crippen molar-refractivity contribution in [1.82, 2.24) is 19.6 Å². The van der Waals surface area contributed by atoms with Crippen molar-refractivity contribution < 1.29 is 4.79 Å². The molecule has 0 aliphatic carbocycles. The predicted molar refractivity (Wildman–Crippen MR) is 87.0 cm³/mol. The van der Waals surface area contributed by atoms with Crippen LogP contribution in [-0.4, -0.2) is 25.5 Å². The highest BCUT2D eigenvalue weighted by Crippen LogP contribution is 2.26. The van der Waals surface area contributed by atoms with Crippen molar-refractivity contribution >= 4 is 5.91 Å². The fraction of sp³-hybridized carbons (Fsp3) is 0.118. The van der Waals surface area contributed by atoms with E-state index in [0.717, 1.165) is 22.5 Å². The minimum Gasteiger partial charge on any atom is -0.364 e. The van der Waals surface area contributed by atoms with E-state index in [4.69, 9.17) is 12.2 Å². The van der Waals surface area contributed by atoms with Gasteiger partial charge in [0.2, 0.25) is 0 Å². The lowest BCUT2D eigenvalue weighted by atomic mass is 10.1. The van der Waals surface area contributed by atoms with Gasteiger partial charge in [0.05, 0.1) is 11.4 Å². The molecule has 0 fully saturated rings. The standard InChI is InChI=1S/C17H15N5O/c1-4-12-6-5-7-13(8-12)22-10-15(16(20-22)17(18)23)14-9-21(3)19-11(14)2/h1,5-10H,2-3H3,(H2,18,23). The summed E-state index contributed by atoms with van der Waals surface area (Å²) in [6.07, 6.45) is 9.03. The number of primary amides is 1. The van der Waals surface area contributed by atoms with Gasteiger partial charge in [-0.05, 0) is 25.1 Å². The Labute approximate surface area is 133 Å². The van der Waals surface area contributed by atoms with Gasteiger partial charge in [0, 0.05) is 36.1 Å². The highest BCUT2D eigenvalue weighted by molar-refractivity contribution is 5.98. The Hall–Kier alpha value is -3.33. The molecule has 3 aromatic rings. The maximum absolute atomic E-state index is 11.8. The highest BCUT2D eigenvalue weighted by Gasteiger charge is 2.19. The van der Waals surface area contributed by atoms with E-state index in [-0.39, 0.29) is 5.69 Å². The molecule has 0 unspecified atom stereocenters. The van der Waals surface area contributed by atoms with Crippen molar-refractivity contribution in [3.05, 3.63) is 53.6 Å². The zero-order valence-corrected chi connectivity index (χ0v) is 12.8. The fourth-order valence-electron chi connectivity index (χ4n) is 2.49. The van der Waals surface area contributed by atoms with E-state index >= 15 is 0 Å². The Morgan fingerprint density at radius 2 is 2.04 bits per heavy atom. The normalized spacial score (nSPS) is 10.5. The molecule has 3 rings (SSSR count). The lowest BCUT2D eigenvalue weighted by Crippen LogP contribution is -2.13. The Balaban J connectivity index is 2.18. The molecule has 0 aliphatic heterocycles. The summed E-state index contributed by atoms with van der Waals surface area (Å²) in [5, 5.41) is 8.62. The molecular weight excluding hydrogens is 290 g/mol. The third kappa shape index (κ3) is 2.60. The van der Waals surface area contributed by atoms with Crippen LogP contribution in [0.15, 0.2) is 36.7 Å². The topological polar surface area (TPSA) is 78.7 Å².